The summed E-state index contributed by atoms with van der Waals surface area (Å²) < 4.78 is 40.7. The molecule has 0 radical (unpaired) electrons. The summed E-state index contributed by atoms with van der Waals surface area (Å²) in [4.78, 5) is 0. The van der Waals surface area contributed by atoms with E-state index in [-0.39, 0.29) is 17.4 Å². The largest absolute Gasteiger partial charge is 0.378 e. The van der Waals surface area contributed by atoms with Crippen LogP contribution in [-0.2, 0) is 30.6 Å². The summed E-state index contributed by atoms with van der Waals surface area (Å²) in [7, 11) is -2.85. The van der Waals surface area contributed by atoms with Gasteiger partial charge in [0.15, 0.2) is 0 Å². The number of hydrogen-bond donors (Lipinski definition) is 1. The molecule has 1 aromatic heterocycles. The standard InChI is InChI=1S/C15H28N4O5S/c16-3-5-22-7-9-24-10-8-23-6-4-19-13-15(17-18-19)14-1-11-25(20,21)12-2-14/h13-14H,1-12,16H2. The predicted octanol–water partition coefficient (Wildman–Crippen LogP) is -0.421. The Balaban J connectivity index is 1.53. The highest BCUT2D eigenvalue weighted by molar-refractivity contribution is 7.91. The Bertz CT molecular complexity index is 578. The average Bonchev–Trinajstić information content (AvgIpc) is 3.05. The van der Waals surface area contributed by atoms with Gasteiger partial charge in [0.1, 0.15) is 9.84 Å². The summed E-state index contributed by atoms with van der Waals surface area (Å²) in [5.74, 6) is 0.670. The van der Waals surface area contributed by atoms with E-state index in [2.05, 4.69) is 10.3 Å². The van der Waals surface area contributed by atoms with Crippen LogP contribution in [0.2, 0.25) is 0 Å². The lowest BCUT2D eigenvalue weighted by Crippen LogP contribution is -2.22. The van der Waals surface area contributed by atoms with Crippen molar-refractivity contribution < 1.29 is 22.6 Å². The minimum absolute atomic E-state index is 0.188. The second kappa shape index (κ2) is 10.8. The van der Waals surface area contributed by atoms with E-state index in [9.17, 15) is 8.42 Å². The second-order valence-corrected chi connectivity index (χ2v) is 8.26. The molecule has 0 aromatic carbocycles. The molecule has 0 atom stereocenters. The summed E-state index contributed by atoms with van der Waals surface area (Å²) in [6.07, 6.45) is 3.14. The molecular weight excluding hydrogens is 348 g/mol. The monoisotopic (exact) mass is 376 g/mol. The fourth-order valence-corrected chi connectivity index (χ4v) is 4.07. The molecule has 1 fully saturated rings. The number of hydrogen-bond acceptors (Lipinski definition) is 8. The van der Waals surface area contributed by atoms with Crippen molar-refractivity contribution in [3.8, 4) is 0 Å². The molecule has 144 valence electrons. The van der Waals surface area contributed by atoms with E-state index in [0.29, 0.717) is 65.6 Å². The van der Waals surface area contributed by atoms with Gasteiger partial charge in [0.25, 0.3) is 0 Å². The Labute approximate surface area is 148 Å². The molecule has 25 heavy (non-hydrogen) atoms. The molecule has 0 saturated carbocycles. The fraction of sp³-hybridized carbons (Fsp3) is 0.867. The minimum Gasteiger partial charge on any atom is -0.378 e. The lowest BCUT2D eigenvalue weighted by Gasteiger charge is -2.19. The first-order valence-corrected chi connectivity index (χ1v) is 10.5. The van der Waals surface area contributed by atoms with Crippen molar-refractivity contribution >= 4 is 9.84 Å². The molecule has 1 aromatic rings. The van der Waals surface area contributed by atoms with Crippen LogP contribution in [0, 0.1) is 0 Å². The Morgan fingerprint density at radius 1 is 1.04 bits per heavy atom. The second-order valence-electron chi connectivity index (χ2n) is 5.96. The number of sulfone groups is 1. The van der Waals surface area contributed by atoms with Crippen LogP contribution in [0.15, 0.2) is 6.20 Å². The third-order valence-corrected chi connectivity index (χ3v) is 5.72. The van der Waals surface area contributed by atoms with E-state index in [1.165, 1.54) is 0 Å². The van der Waals surface area contributed by atoms with E-state index in [1.807, 2.05) is 6.20 Å². The van der Waals surface area contributed by atoms with Crippen molar-refractivity contribution in [2.24, 2.45) is 5.73 Å². The molecule has 2 N–H and O–H groups in total. The Kier molecular flexibility index (Phi) is 8.76. The zero-order valence-electron chi connectivity index (χ0n) is 14.5. The van der Waals surface area contributed by atoms with Crippen molar-refractivity contribution in [2.45, 2.75) is 25.3 Å². The number of rotatable bonds is 12. The maximum absolute atomic E-state index is 11.5. The molecule has 0 bridgehead atoms. The average molecular weight is 376 g/mol. The molecule has 9 nitrogen and oxygen atoms in total. The topological polar surface area (TPSA) is 119 Å². The molecule has 1 aliphatic rings. The van der Waals surface area contributed by atoms with Gasteiger partial charge in [0.05, 0.1) is 63.4 Å². The van der Waals surface area contributed by atoms with E-state index in [4.69, 9.17) is 19.9 Å². The molecule has 0 unspecified atom stereocenters. The van der Waals surface area contributed by atoms with Gasteiger partial charge >= 0.3 is 0 Å². The van der Waals surface area contributed by atoms with E-state index in [1.54, 1.807) is 4.68 Å². The van der Waals surface area contributed by atoms with Gasteiger partial charge in [-0.2, -0.15) is 0 Å². The van der Waals surface area contributed by atoms with Crippen molar-refractivity contribution in [1.29, 1.82) is 0 Å². The van der Waals surface area contributed by atoms with Gasteiger partial charge in [0.2, 0.25) is 0 Å². The maximum Gasteiger partial charge on any atom is 0.150 e. The van der Waals surface area contributed by atoms with Gasteiger partial charge in [-0.1, -0.05) is 5.21 Å². The van der Waals surface area contributed by atoms with Gasteiger partial charge < -0.3 is 19.9 Å². The number of ether oxygens (including phenoxy) is 3. The van der Waals surface area contributed by atoms with Gasteiger partial charge in [0, 0.05) is 18.7 Å². The van der Waals surface area contributed by atoms with Gasteiger partial charge in [-0.05, 0) is 12.8 Å². The lowest BCUT2D eigenvalue weighted by molar-refractivity contribution is 0.0141. The summed E-state index contributed by atoms with van der Waals surface area (Å²) in [5, 5.41) is 8.25. The molecule has 0 aliphatic carbocycles. The molecule has 10 heteroatoms. The zero-order valence-corrected chi connectivity index (χ0v) is 15.3. The first kappa shape index (κ1) is 20.2. The van der Waals surface area contributed by atoms with E-state index in [0.717, 1.165) is 5.69 Å². The molecule has 1 aliphatic heterocycles. The Morgan fingerprint density at radius 2 is 1.64 bits per heavy atom. The smallest absolute Gasteiger partial charge is 0.150 e. The summed E-state index contributed by atoms with van der Waals surface area (Å²) in [6, 6.07) is 0. The van der Waals surface area contributed by atoms with Crippen molar-refractivity contribution in [3.63, 3.8) is 0 Å². The number of aromatic nitrogens is 3. The first-order chi connectivity index (χ1) is 12.1. The lowest BCUT2D eigenvalue weighted by atomic mass is 10.00. The quantitative estimate of drug-likeness (QED) is 0.489. The SMILES string of the molecule is NCCOCCOCCOCCn1cc(C2CCS(=O)(=O)CC2)nn1. The van der Waals surface area contributed by atoms with Crippen LogP contribution in [0.3, 0.4) is 0 Å². The number of nitrogens with two attached hydrogens (primary N) is 1. The first-order valence-electron chi connectivity index (χ1n) is 8.64. The highest BCUT2D eigenvalue weighted by Crippen LogP contribution is 2.27. The Morgan fingerprint density at radius 3 is 2.28 bits per heavy atom. The van der Waals surface area contributed by atoms with Crippen molar-refractivity contribution in [1.82, 2.24) is 15.0 Å². The molecule has 2 rings (SSSR count). The highest BCUT2D eigenvalue weighted by atomic mass is 32.2. The van der Waals surface area contributed by atoms with Crippen LogP contribution in [0.1, 0.15) is 24.5 Å². The summed E-state index contributed by atoms with van der Waals surface area (Å²) >= 11 is 0. The third kappa shape index (κ3) is 7.78. The van der Waals surface area contributed by atoms with E-state index >= 15 is 0 Å². The molecular formula is C15H28N4O5S. The van der Waals surface area contributed by atoms with Crippen LogP contribution in [-0.4, -0.2) is 81.1 Å². The summed E-state index contributed by atoms with van der Waals surface area (Å²) in [6.45, 7) is 4.31. The highest BCUT2D eigenvalue weighted by Gasteiger charge is 2.26. The fourth-order valence-electron chi connectivity index (χ4n) is 2.58. The Hall–Kier alpha value is -1.07. The summed E-state index contributed by atoms with van der Waals surface area (Å²) in [5.41, 5.74) is 6.18. The van der Waals surface area contributed by atoms with E-state index < -0.39 is 9.84 Å². The van der Waals surface area contributed by atoms with Crippen LogP contribution >= 0.6 is 0 Å². The van der Waals surface area contributed by atoms with Crippen molar-refractivity contribution in [3.05, 3.63) is 11.9 Å². The minimum atomic E-state index is -2.85. The van der Waals surface area contributed by atoms with Gasteiger partial charge in [-0.3, -0.25) is 0 Å². The van der Waals surface area contributed by atoms with Crippen LogP contribution in [0.4, 0.5) is 0 Å². The van der Waals surface area contributed by atoms with Crippen LogP contribution in [0.25, 0.3) is 0 Å². The van der Waals surface area contributed by atoms with Crippen molar-refractivity contribution in [2.75, 3.05) is 57.7 Å². The van der Waals surface area contributed by atoms with Gasteiger partial charge in [-0.25, -0.2) is 13.1 Å². The normalized spacial score (nSPS) is 17.8. The molecule has 0 spiro atoms. The molecule has 2 heterocycles. The predicted molar refractivity (Wildman–Crippen MR) is 92.2 cm³/mol. The molecule has 1 saturated heterocycles. The molecule has 0 amide bonds. The van der Waals surface area contributed by atoms with Gasteiger partial charge in [-0.15, -0.1) is 5.10 Å². The van der Waals surface area contributed by atoms with Crippen LogP contribution in [0.5, 0.6) is 0 Å². The third-order valence-electron chi connectivity index (χ3n) is 4.00. The zero-order chi connectivity index (χ0) is 18.0. The van der Waals surface area contributed by atoms with Crippen LogP contribution < -0.4 is 5.73 Å². The number of nitrogens with zero attached hydrogens (tertiary/aromatic N) is 3. The maximum atomic E-state index is 11.5.